The molecule has 2 aromatic carbocycles. The Morgan fingerprint density at radius 2 is 1.92 bits per heavy atom. The van der Waals surface area contributed by atoms with Gasteiger partial charge in [-0.1, -0.05) is 77.8 Å². The number of ether oxygens (including phenoxy) is 2. The van der Waals surface area contributed by atoms with Gasteiger partial charge in [0, 0.05) is 21.5 Å². The van der Waals surface area contributed by atoms with Gasteiger partial charge in [0.15, 0.2) is 0 Å². The highest BCUT2D eigenvalue weighted by Gasteiger charge is 2.37. The van der Waals surface area contributed by atoms with Gasteiger partial charge in [0.1, 0.15) is 18.4 Å². The molecule has 0 bridgehead atoms. The Balaban J connectivity index is 1.75. The van der Waals surface area contributed by atoms with Crippen molar-refractivity contribution in [2.45, 2.75) is 64.8 Å². The molecule has 0 aliphatic carbocycles. The number of nitrogens with zero attached hydrogens (tertiary/aromatic N) is 3. The van der Waals surface area contributed by atoms with Gasteiger partial charge >= 0.3 is 5.97 Å². The number of anilines is 1. The zero-order valence-corrected chi connectivity index (χ0v) is 24.1. The van der Waals surface area contributed by atoms with E-state index in [1.165, 1.54) is 5.56 Å². The molecule has 1 unspecified atom stereocenters. The lowest BCUT2D eigenvalue weighted by Crippen LogP contribution is -2.30. The highest BCUT2D eigenvalue weighted by Crippen LogP contribution is 2.41. The van der Waals surface area contributed by atoms with Crippen molar-refractivity contribution in [3.8, 4) is 5.75 Å². The number of allylic oxidation sites excluding steroid dienone is 1. The van der Waals surface area contributed by atoms with Crippen molar-refractivity contribution in [1.82, 2.24) is 14.8 Å². The third-order valence-corrected chi connectivity index (χ3v) is 7.42. The maximum absolute atomic E-state index is 13.3. The van der Waals surface area contributed by atoms with Crippen LogP contribution in [0.3, 0.4) is 0 Å². The molecule has 1 N–H and O–H groups in total. The van der Waals surface area contributed by atoms with Crippen LogP contribution in [0, 0.1) is 6.92 Å². The molecule has 0 saturated carbocycles. The maximum atomic E-state index is 13.3. The highest BCUT2D eigenvalue weighted by atomic mass is 79.9. The molecular formula is C28H33BrN4O3S. The van der Waals surface area contributed by atoms with Crippen molar-refractivity contribution in [2.24, 2.45) is 0 Å². The van der Waals surface area contributed by atoms with E-state index in [1.807, 2.05) is 32.0 Å². The summed E-state index contributed by atoms with van der Waals surface area (Å²) in [7, 11) is 0. The van der Waals surface area contributed by atoms with Crippen LogP contribution in [-0.2, 0) is 16.1 Å². The minimum absolute atomic E-state index is 0.347. The number of carbonyl (C=O) groups excluding carboxylic acids is 1. The lowest BCUT2D eigenvalue weighted by atomic mass is 9.95. The van der Waals surface area contributed by atoms with Gasteiger partial charge in [-0.05, 0) is 50.5 Å². The number of aryl methyl sites for hydroxylation is 1. The monoisotopic (exact) mass is 584 g/mol. The van der Waals surface area contributed by atoms with E-state index >= 15 is 0 Å². The Morgan fingerprint density at radius 1 is 1.14 bits per heavy atom. The van der Waals surface area contributed by atoms with Crippen LogP contribution < -0.4 is 10.1 Å². The third kappa shape index (κ3) is 6.57. The largest absolute Gasteiger partial charge is 0.489 e. The van der Waals surface area contributed by atoms with Crippen molar-refractivity contribution in [1.29, 1.82) is 0 Å². The van der Waals surface area contributed by atoms with Crippen molar-refractivity contribution in [3.63, 3.8) is 0 Å². The first-order valence-corrected chi connectivity index (χ1v) is 14.4. The van der Waals surface area contributed by atoms with Crippen LogP contribution in [0.15, 0.2) is 63.4 Å². The number of esters is 1. The van der Waals surface area contributed by atoms with Crippen molar-refractivity contribution < 1.29 is 14.3 Å². The number of hydrogen-bond donors (Lipinski definition) is 1. The van der Waals surface area contributed by atoms with Gasteiger partial charge in [-0.15, -0.1) is 5.10 Å². The van der Waals surface area contributed by atoms with Gasteiger partial charge in [-0.25, -0.2) is 9.48 Å². The molecule has 3 aromatic rings. The second-order valence-corrected chi connectivity index (χ2v) is 11.0. The van der Waals surface area contributed by atoms with E-state index in [0.29, 0.717) is 41.3 Å². The molecule has 4 rings (SSSR count). The van der Waals surface area contributed by atoms with Crippen LogP contribution in [0.4, 0.5) is 5.95 Å². The van der Waals surface area contributed by atoms with Gasteiger partial charge < -0.3 is 14.8 Å². The summed E-state index contributed by atoms with van der Waals surface area (Å²) in [6.07, 6.45) is 2.93. The number of halogens is 1. The van der Waals surface area contributed by atoms with Crippen LogP contribution in [0.1, 0.15) is 62.8 Å². The zero-order chi connectivity index (χ0) is 26.4. The average Bonchev–Trinajstić information content (AvgIpc) is 3.29. The molecule has 1 aliphatic rings. The number of benzene rings is 2. The number of hydrogen-bond acceptors (Lipinski definition) is 7. The Hall–Kier alpha value is -2.78. The fourth-order valence-electron chi connectivity index (χ4n) is 4.03. The molecule has 2 heterocycles. The number of rotatable bonds is 11. The number of thioether (sulfide) groups is 1. The SMILES string of the molecule is CCCCSc1nc2n(n1)C(c1cc(Br)ccc1OCc1ccc(C)cc1)C(C(=O)OCCC)=C(C)N2. The summed E-state index contributed by atoms with van der Waals surface area (Å²) in [6, 6.07) is 13.6. The Bertz CT molecular complexity index is 1270. The van der Waals surface area contributed by atoms with Crippen LogP contribution in [0.2, 0.25) is 0 Å². The number of unbranched alkanes of at least 4 members (excludes halogenated alkanes) is 1. The van der Waals surface area contributed by atoms with E-state index in [0.717, 1.165) is 40.6 Å². The third-order valence-electron chi connectivity index (χ3n) is 6.00. The smallest absolute Gasteiger partial charge is 0.338 e. The highest BCUT2D eigenvalue weighted by molar-refractivity contribution is 9.10. The minimum Gasteiger partial charge on any atom is -0.489 e. The van der Waals surface area contributed by atoms with Crippen molar-refractivity contribution in [2.75, 3.05) is 17.7 Å². The topological polar surface area (TPSA) is 78.3 Å². The molecule has 196 valence electrons. The molecule has 1 aliphatic heterocycles. The fourth-order valence-corrected chi connectivity index (χ4v) is 5.33. The number of carbonyl (C=O) groups is 1. The minimum atomic E-state index is -0.556. The van der Waals surface area contributed by atoms with Gasteiger partial charge in [0.25, 0.3) is 0 Å². The van der Waals surface area contributed by atoms with Gasteiger partial charge in [0.05, 0.1) is 12.2 Å². The Morgan fingerprint density at radius 3 is 2.65 bits per heavy atom. The molecule has 0 spiro atoms. The fraction of sp³-hybridized carbons (Fsp3) is 0.393. The summed E-state index contributed by atoms with van der Waals surface area (Å²) in [5.74, 6) is 1.83. The lowest BCUT2D eigenvalue weighted by molar-refractivity contribution is -0.139. The average molecular weight is 586 g/mol. The molecule has 1 aromatic heterocycles. The Labute approximate surface area is 231 Å². The predicted octanol–water partition coefficient (Wildman–Crippen LogP) is 7.06. The summed E-state index contributed by atoms with van der Waals surface area (Å²) in [6.45, 7) is 8.83. The maximum Gasteiger partial charge on any atom is 0.338 e. The van der Waals surface area contributed by atoms with Gasteiger partial charge in [-0.2, -0.15) is 4.98 Å². The summed E-state index contributed by atoms with van der Waals surface area (Å²) in [4.78, 5) is 18.1. The molecule has 37 heavy (non-hydrogen) atoms. The van der Waals surface area contributed by atoms with E-state index in [1.54, 1.807) is 16.4 Å². The molecule has 1 atom stereocenters. The Kier molecular flexibility index (Phi) is 9.32. The van der Waals surface area contributed by atoms with E-state index in [-0.39, 0.29) is 5.97 Å². The number of aromatic nitrogens is 3. The van der Waals surface area contributed by atoms with Crippen molar-refractivity contribution in [3.05, 3.63) is 74.9 Å². The summed E-state index contributed by atoms with van der Waals surface area (Å²) >= 11 is 5.23. The van der Waals surface area contributed by atoms with Crippen LogP contribution in [-0.4, -0.2) is 33.1 Å². The molecule has 7 nitrogen and oxygen atoms in total. The molecule has 0 fully saturated rings. The summed E-state index contributed by atoms with van der Waals surface area (Å²) in [5, 5.41) is 8.77. The second kappa shape index (κ2) is 12.6. The summed E-state index contributed by atoms with van der Waals surface area (Å²) < 4.78 is 14.6. The molecule has 0 amide bonds. The normalized spacial score (nSPS) is 14.8. The quantitative estimate of drug-likeness (QED) is 0.147. The van der Waals surface area contributed by atoms with E-state index < -0.39 is 6.04 Å². The first-order valence-electron chi connectivity index (χ1n) is 12.6. The molecule has 9 heteroatoms. The van der Waals surface area contributed by atoms with E-state index in [9.17, 15) is 4.79 Å². The predicted molar refractivity (Wildman–Crippen MR) is 151 cm³/mol. The van der Waals surface area contributed by atoms with Crippen molar-refractivity contribution >= 4 is 39.6 Å². The molecule has 0 saturated heterocycles. The first kappa shape index (κ1) is 27.3. The lowest BCUT2D eigenvalue weighted by Gasteiger charge is -2.29. The van der Waals surface area contributed by atoms with Gasteiger partial charge in [0.2, 0.25) is 11.1 Å². The first-order chi connectivity index (χ1) is 17.9. The molecule has 0 radical (unpaired) electrons. The zero-order valence-electron chi connectivity index (χ0n) is 21.7. The summed E-state index contributed by atoms with van der Waals surface area (Å²) in [5.41, 5.74) is 4.26. The van der Waals surface area contributed by atoms with E-state index in [4.69, 9.17) is 19.6 Å². The van der Waals surface area contributed by atoms with Crippen LogP contribution in [0.25, 0.3) is 0 Å². The molecular weight excluding hydrogens is 552 g/mol. The van der Waals surface area contributed by atoms with E-state index in [2.05, 4.69) is 59.4 Å². The van der Waals surface area contributed by atoms with Crippen LogP contribution in [0.5, 0.6) is 5.75 Å². The number of fused-ring (bicyclic) bond motifs is 1. The van der Waals surface area contributed by atoms with Gasteiger partial charge in [-0.3, -0.25) is 0 Å². The number of nitrogens with one attached hydrogen (secondary N) is 1. The van der Waals surface area contributed by atoms with Crippen LogP contribution >= 0.6 is 27.7 Å². The second-order valence-electron chi connectivity index (χ2n) is 9.02. The standard InChI is InChI=1S/C28H33BrN4O3S/c1-5-7-15-37-28-31-27-30-19(4)24(26(34)35-14-6-2)25(33(27)32-28)22-16-21(29)12-13-23(22)36-17-20-10-8-18(3)9-11-20/h8-13,16,25H,5-7,14-15,17H2,1-4H3,(H,30,31,32).